The summed E-state index contributed by atoms with van der Waals surface area (Å²) >= 11 is 0. The normalized spacial score (nSPS) is 10.6. The molecule has 2 rings (SSSR count). The van der Waals surface area contributed by atoms with E-state index in [0.29, 0.717) is 5.69 Å². The van der Waals surface area contributed by atoms with E-state index in [-0.39, 0.29) is 36.3 Å². The van der Waals surface area contributed by atoms with Gasteiger partial charge in [0.1, 0.15) is 5.75 Å². The number of likely N-dealkylation sites (N-methyl/N-ethyl adjacent to an activating group) is 1. The monoisotopic (exact) mass is 414 g/mol. The Labute approximate surface area is 175 Å². The number of hydrogen-bond acceptors (Lipinski definition) is 6. The Kier molecular flexibility index (Phi) is 7.48. The highest BCUT2D eigenvalue weighted by atomic mass is 16.6. The molecule has 0 atom stereocenters. The predicted molar refractivity (Wildman–Crippen MR) is 115 cm³/mol. The molecule has 0 saturated heterocycles. The fourth-order valence-electron chi connectivity index (χ4n) is 3.19. The lowest BCUT2D eigenvalue weighted by atomic mass is 10.1. The maximum atomic E-state index is 12.4. The first kappa shape index (κ1) is 22.8. The molecule has 2 aromatic carbocycles. The van der Waals surface area contributed by atoms with Crippen molar-refractivity contribution in [1.82, 2.24) is 4.90 Å². The molecule has 0 unspecified atom stereocenters. The zero-order valence-corrected chi connectivity index (χ0v) is 17.7. The number of carbonyl (C=O) groups is 2. The molecule has 0 heterocycles. The van der Waals surface area contributed by atoms with Crippen molar-refractivity contribution in [3.05, 3.63) is 57.1 Å². The Hall–Kier alpha value is -3.46. The summed E-state index contributed by atoms with van der Waals surface area (Å²) in [5.41, 5.74) is 4.03. The van der Waals surface area contributed by atoms with Crippen LogP contribution in [0, 0.1) is 30.9 Å². The number of ether oxygens (including phenoxy) is 1. The van der Waals surface area contributed by atoms with E-state index in [4.69, 9.17) is 4.74 Å². The zero-order chi connectivity index (χ0) is 22.4. The minimum atomic E-state index is -0.544. The first-order chi connectivity index (χ1) is 14.1. The Bertz CT molecular complexity index is 951. The van der Waals surface area contributed by atoms with E-state index in [2.05, 4.69) is 10.6 Å². The molecular weight excluding hydrogens is 388 g/mol. The SMILES string of the molecule is COc1cc([N+](=O)[O-])ccc1NC(=O)CN(C)CC(=O)Nc1c(C)cc(C)cc1C. The van der Waals surface area contributed by atoms with Gasteiger partial charge in [0.05, 0.1) is 36.9 Å². The lowest BCUT2D eigenvalue weighted by Gasteiger charge is -2.18. The number of rotatable bonds is 8. The lowest BCUT2D eigenvalue weighted by Crippen LogP contribution is -2.36. The topological polar surface area (TPSA) is 114 Å². The molecule has 2 N–H and O–H groups in total. The third kappa shape index (κ3) is 6.02. The largest absolute Gasteiger partial charge is 0.494 e. The number of amides is 2. The van der Waals surface area contributed by atoms with Crippen LogP contribution in [0.1, 0.15) is 16.7 Å². The molecule has 30 heavy (non-hydrogen) atoms. The highest BCUT2D eigenvalue weighted by Crippen LogP contribution is 2.29. The second kappa shape index (κ2) is 9.84. The third-order valence-corrected chi connectivity index (χ3v) is 4.44. The van der Waals surface area contributed by atoms with Crippen LogP contribution in [-0.4, -0.2) is 48.9 Å². The smallest absolute Gasteiger partial charge is 0.273 e. The summed E-state index contributed by atoms with van der Waals surface area (Å²) in [6.07, 6.45) is 0. The summed E-state index contributed by atoms with van der Waals surface area (Å²) in [5.74, 6) is -0.420. The maximum Gasteiger partial charge on any atom is 0.273 e. The average Bonchev–Trinajstić information content (AvgIpc) is 2.64. The van der Waals surface area contributed by atoms with E-state index in [1.54, 1.807) is 11.9 Å². The first-order valence-corrected chi connectivity index (χ1v) is 9.29. The van der Waals surface area contributed by atoms with Crippen LogP contribution in [0.15, 0.2) is 30.3 Å². The van der Waals surface area contributed by atoms with Crippen molar-refractivity contribution < 1.29 is 19.2 Å². The predicted octanol–water partition coefficient (Wildman–Crippen LogP) is 3.04. The summed E-state index contributed by atoms with van der Waals surface area (Å²) in [6.45, 7) is 5.85. The minimum absolute atomic E-state index is 0.0254. The van der Waals surface area contributed by atoms with Gasteiger partial charge in [0.15, 0.2) is 0 Å². The number of nitro benzene ring substituents is 1. The van der Waals surface area contributed by atoms with Gasteiger partial charge in [0.2, 0.25) is 11.8 Å². The molecule has 2 amide bonds. The minimum Gasteiger partial charge on any atom is -0.494 e. The second-order valence-corrected chi connectivity index (χ2v) is 7.18. The molecular formula is C21H26N4O5. The quantitative estimate of drug-likeness (QED) is 0.507. The number of methoxy groups -OCH3 is 1. The van der Waals surface area contributed by atoms with Crippen LogP contribution in [0.5, 0.6) is 5.75 Å². The van der Waals surface area contributed by atoms with Gasteiger partial charge in [0.25, 0.3) is 5.69 Å². The number of non-ortho nitro benzene ring substituents is 1. The molecule has 0 aliphatic heterocycles. The lowest BCUT2D eigenvalue weighted by molar-refractivity contribution is -0.384. The van der Waals surface area contributed by atoms with Gasteiger partial charge >= 0.3 is 0 Å². The summed E-state index contributed by atoms with van der Waals surface area (Å²) < 4.78 is 5.11. The average molecular weight is 414 g/mol. The van der Waals surface area contributed by atoms with Crippen LogP contribution in [0.4, 0.5) is 17.1 Å². The zero-order valence-electron chi connectivity index (χ0n) is 17.7. The molecule has 2 aromatic rings. The summed E-state index contributed by atoms with van der Waals surface area (Å²) in [6, 6.07) is 7.92. The first-order valence-electron chi connectivity index (χ1n) is 9.29. The molecule has 0 radical (unpaired) electrons. The third-order valence-electron chi connectivity index (χ3n) is 4.44. The van der Waals surface area contributed by atoms with Gasteiger partial charge in [-0.05, 0) is 45.0 Å². The molecule has 0 aromatic heterocycles. The van der Waals surface area contributed by atoms with Crippen LogP contribution in [-0.2, 0) is 9.59 Å². The molecule has 0 aliphatic rings. The molecule has 0 bridgehead atoms. The van der Waals surface area contributed by atoms with Crippen molar-refractivity contribution in [1.29, 1.82) is 0 Å². The van der Waals surface area contributed by atoms with E-state index in [1.165, 1.54) is 25.3 Å². The fourth-order valence-corrected chi connectivity index (χ4v) is 3.19. The van der Waals surface area contributed by atoms with Gasteiger partial charge in [-0.15, -0.1) is 0 Å². The number of anilines is 2. The van der Waals surface area contributed by atoms with Crippen molar-refractivity contribution in [3.8, 4) is 5.75 Å². The number of aryl methyl sites for hydroxylation is 3. The highest BCUT2D eigenvalue weighted by Gasteiger charge is 2.16. The van der Waals surface area contributed by atoms with E-state index in [1.807, 2.05) is 32.9 Å². The van der Waals surface area contributed by atoms with Crippen LogP contribution < -0.4 is 15.4 Å². The summed E-state index contributed by atoms with van der Waals surface area (Å²) in [5, 5.41) is 16.4. The van der Waals surface area contributed by atoms with Crippen molar-refractivity contribution in [2.45, 2.75) is 20.8 Å². The van der Waals surface area contributed by atoms with Crippen LogP contribution in [0.3, 0.4) is 0 Å². The Balaban J connectivity index is 1.95. The molecule has 0 spiro atoms. The van der Waals surface area contributed by atoms with Gasteiger partial charge < -0.3 is 15.4 Å². The molecule has 0 saturated carbocycles. The molecule has 0 aliphatic carbocycles. The molecule has 0 fully saturated rings. The second-order valence-electron chi connectivity index (χ2n) is 7.18. The number of benzene rings is 2. The van der Waals surface area contributed by atoms with E-state index in [0.717, 1.165) is 22.4 Å². The van der Waals surface area contributed by atoms with E-state index >= 15 is 0 Å². The van der Waals surface area contributed by atoms with E-state index < -0.39 is 4.92 Å². The van der Waals surface area contributed by atoms with Gasteiger partial charge in [-0.1, -0.05) is 17.7 Å². The van der Waals surface area contributed by atoms with Crippen molar-refractivity contribution in [3.63, 3.8) is 0 Å². The number of nitrogens with one attached hydrogen (secondary N) is 2. The summed E-state index contributed by atoms with van der Waals surface area (Å²) in [4.78, 5) is 36.6. The van der Waals surface area contributed by atoms with Crippen LogP contribution in [0.25, 0.3) is 0 Å². The Morgan fingerprint density at radius 2 is 1.60 bits per heavy atom. The van der Waals surface area contributed by atoms with Gasteiger partial charge in [-0.3, -0.25) is 24.6 Å². The molecule has 9 heteroatoms. The van der Waals surface area contributed by atoms with Crippen molar-refractivity contribution in [2.24, 2.45) is 0 Å². The highest BCUT2D eigenvalue weighted by molar-refractivity contribution is 5.96. The maximum absolute atomic E-state index is 12.4. The van der Waals surface area contributed by atoms with Gasteiger partial charge in [-0.25, -0.2) is 0 Å². The molecule has 9 nitrogen and oxygen atoms in total. The van der Waals surface area contributed by atoms with Crippen molar-refractivity contribution in [2.75, 3.05) is 37.9 Å². The number of carbonyl (C=O) groups excluding carboxylic acids is 2. The van der Waals surface area contributed by atoms with Gasteiger partial charge in [0, 0.05) is 11.8 Å². The van der Waals surface area contributed by atoms with Crippen molar-refractivity contribution >= 4 is 28.9 Å². The Morgan fingerprint density at radius 1 is 1.03 bits per heavy atom. The standard InChI is InChI=1S/C21H26N4O5/c1-13-8-14(2)21(15(3)9-13)23-20(27)12-24(4)11-19(26)22-17-7-6-16(25(28)29)10-18(17)30-5/h6-10H,11-12H2,1-5H3,(H,22,26)(H,23,27). The number of hydrogen-bond donors (Lipinski definition) is 2. The van der Waals surface area contributed by atoms with Gasteiger partial charge in [-0.2, -0.15) is 0 Å². The van der Waals surface area contributed by atoms with Crippen LogP contribution >= 0.6 is 0 Å². The Morgan fingerprint density at radius 3 is 2.13 bits per heavy atom. The molecule has 160 valence electrons. The number of nitro groups is 1. The summed E-state index contributed by atoms with van der Waals surface area (Å²) in [7, 11) is 3.02. The van der Waals surface area contributed by atoms with Crippen LogP contribution in [0.2, 0.25) is 0 Å². The number of nitrogens with zero attached hydrogens (tertiary/aromatic N) is 2. The fraction of sp³-hybridized carbons (Fsp3) is 0.333. The van der Waals surface area contributed by atoms with E-state index in [9.17, 15) is 19.7 Å².